The molecule has 0 nitrogen and oxygen atoms in total. The van der Waals surface area contributed by atoms with Crippen LogP contribution in [-0.4, -0.2) is 11.5 Å². The molecule has 1 rings (SSSR count). The summed E-state index contributed by atoms with van der Waals surface area (Å²) in [6.45, 7) is 7.14. The number of rotatable bonds is 0. The van der Waals surface area contributed by atoms with Gasteiger partial charge in [-0.05, 0) is 29.3 Å². The molecule has 0 saturated carbocycles. The summed E-state index contributed by atoms with van der Waals surface area (Å²) in [5.41, 5.74) is 0.616. The first-order valence-electron chi connectivity index (χ1n) is 3.71. The van der Waals surface area contributed by atoms with Crippen molar-refractivity contribution in [2.45, 2.75) is 27.2 Å². The highest BCUT2D eigenvalue weighted by Gasteiger charge is 2.28. The first kappa shape index (κ1) is 7.46. The molecule has 1 saturated heterocycles. The minimum absolute atomic E-state index is 0.616. The molecule has 0 aromatic rings. The molecule has 0 amide bonds. The Hall–Kier alpha value is 0.350. The lowest BCUT2D eigenvalue weighted by atomic mass is 9.78. The van der Waals surface area contributed by atoms with Crippen molar-refractivity contribution in [3.05, 3.63) is 0 Å². The van der Waals surface area contributed by atoms with Crippen LogP contribution in [0.3, 0.4) is 0 Å². The Morgan fingerprint density at radius 2 is 2.11 bits per heavy atom. The van der Waals surface area contributed by atoms with Crippen molar-refractivity contribution in [1.82, 2.24) is 0 Å². The summed E-state index contributed by atoms with van der Waals surface area (Å²) in [7, 11) is 0. The molecule has 9 heavy (non-hydrogen) atoms. The number of hydrogen-bond donors (Lipinski definition) is 0. The summed E-state index contributed by atoms with van der Waals surface area (Å²) in [4.78, 5) is 0. The van der Waals surface area contributed by atoms with Crippen molar-refractivity contribution in [3.63, 3.8) is 0 Å². The third-order valence-corrected chi connectivity index (χ3v) is 3.82. The van der Waals surface area contributed by atoms with Crippen molar-refractivity contribution in [2.75, 3.05) is 11.5 Å². The van der Waals surface area contributed by atoms with Crippen LogP contribution in [0.15, 0.2) is 0 Å². The fraction of sp³-hybridized carbons (Fsp3) is 1.00. The van der Waals surface area contributed by atoms with E-state index in [0.717, 1.165) is 5.92 Å². The van der Waals surface area contributed by atoms with Gasteiger partial charge in [0.25, 0.3) is 0 Å². The van der Waals surface area contributed by atoms with E-state index in [2.05, 4.69) is 32.5 Å². The zero-order valence-electron chi connectivity index (χ0n) is 6.61. The molecule has 0 bridgehead atoms. The fourth-order valence-corrected chi connectivity index (χ4v) is 2.71. The molecule has 1 heteroatoms. The third kappa shape index (κ3) is 1.64. The lowest BCUT2D eigenvalue weighted by Crippen LogP contribution is -2.28. The highest BCUT2D eigenvalue weighted by atomic mass is 32.2. The average molecular weight is 144 g/mol. The maximum atomic E-state index is 2.39. The van der Waals surface area contributed by atoms with E-state index in [1.807, 2.05) is 0 Å². The maximum Gasteiger partial charge on any atom is -0.00367 e. The molecule has 1 unspecified atom stereocenters. The molecule has 0 aromatic carbocycles. The van der Waals surface area contributed by atoms with Crippen LogP contribution >= 0.6 is 11.8 Å². The summed E-state index contributed by atoms with van der Waals surface area (Å²) in [6, 6.07) is 0. The van der Waals surface area contributed by atoms with Crippen molar-refractivity contribution < 1.29 is 0 Å². The highest BCUT2D eigenvalue weighted by molar-refractivity contribution is 7.99. The first-order chi connectivity index (χ1) is 4.13. The van der Waals surface area contributed by atoms with E-state index >= 15 is 0 Å². The van der Waals surface area contributed by atoms with Gasteiger partial charge in [0.2, 0.25) is 0 Å². The number of hydrogen-bond acceptors (Lipinski definition) is 1. The smallest absolute Gasteiger partial charge is 0.00367 e. The van der Waals surface area contributed by atoms with Crippen molar-refractivity contribution >= 4 is 11.8 Å². The minimum atomic E-state index is 0.616. The van der Waals surface area contributed by atoms with Crippen molar-refractivity contribution in [3.8, 4) is 0 Å². The van der Waals surface area contributed by atoms with Crippen LogP contribution < -0.4 is 0 Å². The predicted octanol–water partition coefficient (Wildman–Crippen LogP) is 2.79. The Labute approximate surface area is 62.4 Å². The molecule has 0 aliphatic carbocycles. The highest BCUT2D eigenvalue weighted by Crippen LogP contribution is 2.38. The Kier molecular flexibility index (Phi) is 2.10. The Morgan fingerprint density at radius 3 is 2.44 bits per heavy atom. The van der Waals surface area contributed by atoms with Gasteiger partial charge in [0.05, 0.1) is 0 Å². The zero-order chi connectivity index (χ0) is 6.91. The minimum Gasteiger partial charge on any atom is -0.162 e. The van der Waals surface area contributed by atoms with E-state index in [1.54, 1.807) is 0 Å². The van der Waals surface area contributed by atoms with Crippen LogP contribution in [0.5, 0.6) is 0 Å². The van der Waals surface area contributed by atoms with E-state index in [9.17, 15) is 0 Å². The van der Waals surface area contributed by atoms with Gasteiger partial charge in [-0.2, -0.15) is 11.8 Å². The van der Waals surface area contributed by atoms with Gasteiger partial charge in [-0.15, -0.1) is 0 Å². The van der Waals surface area contributed by atoms with Crippen LogP contribution in [0.25, 0.3) is 0 Å². The summed E-state index contributed by atoms with van der Waals surface area (Å²) < 4.78 is 0. The van der Waals surface area contributed by atoms with Gasteiger partial charge in [0, 0.05) is 0 Å². The van der Waals surface area contributed by atoms with E-state index in [-0.39, 0.29) is 0 Å². The monoisotopic (exact) mass is 144 g/mol. The third-order valence-electron chi connectivity index (χ3n) is 2.59. The Bertz CT molecular complexity index is 96.7. The summed E-state index contributed by atoms with van der Waals surface area (Å²) in [6.07, 6.45) is 1.40. The van der Waals surface area contributed by atoms with E-state index in [0.29, 0.717) is 5.41 Å². The SMILES string of the molecule is CC1CSCCC1(C)C. The van der Waals surface area contributed by atoms with Crippen LogP contribution in [0.1, 0.15) is 27.2 Å². The molecule has 1 heterocycles. The topological polar surface area (TPSA) is 0 Å². The van der Waals surface area contributed by atoms with Crippen molar-refractivity contribution in [2.24, 2.45) is 11.3 Å². The Morgan fingerprint density at radius 1 is 1.44 bits per heavy atom. The summed E-state index contributed by atoms with van der Waals surface area (Å²) >= 11 is 2.11. The van der Waals surface area contributed by atoms with Crippen LogP contribution in [0.4, 0.5) is 0 Å². The second-order valence-corrected chi connectivity index (χ2v) is 4.86. The first-order valence-corrected chi connectivity index (χ1v) is 4.86. The largest absolute Gasteiger partial charge is 0.162 e. The lowest BCUT2D eigenvalue weighted by Gasteiger charge is -2.35. The molecule has 1 aliphatic rings. The second-order valence-electron chi connectivity index (χ2n) is 3.71. The van der Waals surface area contributed by atoms with Crippen LogP contribution in [0, 0.1) is 11.3 Å². The molecule has 1 aliphatic heterocycles. The van der Waals surface area contributed by atoms with Gasteiger partial charge >= 0.3 is 0 Å². The number of thioether (sulfide) groups is 1. The Balaban J connectivity index is 2.49. The molecule has 0 N–H and O–H groups in total. The summed E-state index contributed by atoms with van der Waals surface area (Å²) in [5.74, 6) is 3.65. The molecule has 54 valence electrons. The maximum absolute atomic E-state index is 2.39. The van der Waals surface area contributed by atoms with Crippen molar-refractivity contribution in [1.29, 1.82) is 0 Å². The van der Waals surface area contributed by atoms with Crippen LogP contribution in [0.2, 0.25) is 0 Å². The molecule has 1 fully saturated rings. The van der Waals surface area contributed by atoms with E-state index in [1.165, 1.54) is 17.9 Å². The van der Waals surface area contributed by atoms with Gasteiger partial charge in [-0.25, -0.2) is 0 Å². The predicted molar refractivity (Wildman–Crippen MR) is 44.9 cm³/mol. The van der Waals surface area contributed by atoms with Gasteiger partial charge in [0.1, 0.15) is 0 Å². The molecule has 0 aromatic heterocycles. The molecular formula is C8H16S. The van der Waals surface area contributed by atoms with Gasteiger partial charge < -0.3 is 0 Å². The average Bonchev–Trinajstić information content (AvgIpc) is 1.77. The second kappa shape index (κ2) is 2.53. The van der Waals surface area contributed by atoms with E-state index < -0.39 is 0 Å². The summed E-state index contributed by atoms with van der Waals surface area (Å²) in [5, 5.41) is 0. The van der Waals surface area contributed by atoms with Crippen LogP contribution in [-0.2, 0) is 0 Å². The molecule has 0 spiro atoms. The fourth-order valence-electron chi connectivity index (χ4n) is 1.07. The molecule has 1 atom stereocenters. The molecule has 0 radical (unpaired) electrons. The van der Waals surface area contributed by atoms with Gasteiger partial charge in [-0.1, -0.05) is 20.8 Å². The standard InChI is InChI=1S/C8H16S/c1-7-6-9-5-4-8(7,2)3/h7H,4-6H2,1-3H3. The zero-order valence-corrected chi connectivity index (χ0v) is 7.42. The quantitative estimate of drug-likeness (QED) is 0.504. The van der Waals surface area contributed by atoms with Gasteiger partial charge in [-0.3, -0.25) is 0 Å². The lowest BCUT2D eigenvalue weighted by molar-refractivity contribution is 0.239. The van der Waals surface area contributed by atoms with E-state index in [4.69, 9.17) is 0 Å². The molecular weight excluding hydrogens is 128 g/mol. The normalized spacial score (nSPS) is 34.3. The van der Waals surface area contributed by atoms with Gasteiger partial charge in [0.15, 0.2) is 0 Å².